The quantitative estimate of drug-likeness (QED) is 0.866. The lowest BCUT2D eigenvalue weighted by atomic mass is 9.98. The highest BCUT2D eigenvalue weighted by molar-refractivity contribution is 6.07. The minimum absolute atomic E-state index is 0.0146. The number of nitrogens with zero attached hydrogens (tertiary/aromatic N) is 1. The van der Waals surface area contributed by atoms with Crippen LogP contribution in [0, 0.1) is 23.4 Å². The van der Waals surface area contributed by atoms with Crippen molar-refractivity contribution >= 4 is 17.5 Å². The molecule has 4 nitrogen and oxygen atoms in total. The molecule has 2 unspecified atom stereocenters. The van der Waals surface area contributed by atoms with Crippen LogP contribution in [0.3, 0.4) is 0 Å². The molecular weight excluding hydrogens is 333 g/mol. The van der Waals surface area contributed by atoms with E-state index < -0.39 is 41.2 Å². The Morgan fingerprint density at radius 3 is 2.48 bits per heavy atom. The zero-order chi connectivity index (χ0) is 18.1. The maximum Gasteiger partial charge on any atom is 0.237 e. The fourth-order valence-corrected chi connectivity index (χ4v) is 2.96. The van der Waals surface area contributed by atoms with Gasteiger partial charge >= 0.3 is 0 Å². The van der Waals surface area contributed by atoms with E-state index in [9.17, 15) is 22.8 Å². The molecule has 2 aromatic carbocycles. The molecule has 0 aromatic heterocycles. The van der Waals surface area contributed by atoms with Gasteiger partial charge in [0.05, 0.1) is 11.7 Å². The Kier molecular flexibility index (Phi) is 4.48. The van der Waals surface area contributed by atoms with Crippen molar-refractivity contribution in [3.63, 3.8) is 0 Å². The fourth-order valence-electron chi connectivity index (χ4n) is 2.96. The van der Waals surface area contributed by atoms with E-state index in [2.05, 4.69) is 5.32 Å². The van der Waals surface area contributed by atoms with Crippen LogP contribution in [-0.4, -0.2) is 23.8 Å². The number of carbonyl (C=O) groups is 2. The molecule has 0 aliphatic carbocycles. The van der Waals surface area contributed by atoms with E-state index in [0.717, 1.165) is 12.1 Å². The molecule has 0 radical (unpaired) electrons. The largest absolute Gasteiger partial charge is 0.338 e. The Morgan fingerprint density at radius 2 is 1.80 bits per heavy atom. The lowest BCUT2D eigenvalue weighted by molar-refractivity contribution is -0.135. The van der Waals surface area contributed by atoms with Crippen LogP contribution in [0.15, 0.2) is 42.5 Å². The molecule has 2 amide bonds. The lowest BCUT2D eigenvalue weighted by Crippen LogP contribution is -2.31. The van der Waals surface area contributed by atoms with E-state index >= 15 is 0 Å². The van der Waals surface area contributed by atoms with Crippen molar-refractivity contribution in [1.82, 2.24) is 4.90 Å². The van der Waals surface area contributed by atoms with Crippen molar-refractivity contribution in [3.05, 3.63) is 65.5 Å². The maximum atomic E-state index is 13.6. The summed E-state index contributed by atoms with van der Waals surface area (Å²) in [5.41, 5.74) is 0.384. The van der Waals surface area contributed by atoms with Gasteiger partial charge in [0.15, 0.2) is 11.6 Å². The Labute approximate surface area is 142 Å². The molecule has 1 heterocycles. The van der Waals surface area contributed by atoms with Gasteiger partial charge in [0.25, 0.3) is 0 Å². The highest BCUT2D eigenvalue weighted by atomic mass is 19.2. The first-order valence-corrected chi connectivity index (χ1v) is 7.65. The summed E-state index contributed by atoms with van der Waals surface area (Å²) in [5.74, 6) is -4.72. The third-order valence-corrected chi connectivity index (χ3v) is 4.35. The van der Waals surface area contributed by atoms with Gasteiger partial charge in [0, 0.05) is 7.05 Å². The van der Waals surface area contributed by atoms with Crippen molar-refractivity contribution in [3.8, 4) is 0 Å². The molecule has 0 spiro atoms. The number of nitrogens with one attached hydrogen (secondary N) is 1. The Balaban J connectivity index is 1.79. The molecule has 7 heteroatoms. The first kappa shape index (κ1) is 17.0. The zero-order valence-corrected chi connectivity index (χ0v) is 13.3. The second kappa shape index (κ2) is 6.58. The van der Waals surface area contributed by atoms with E-state index in [1.807, 2.05) is 0 Å². The summed E-state index contributed by atoms with van der Waals surface area (Å²) in [6, 6.07) is 8.45. The SMILES string of the molecule is CN1C(=O)C(C(=O)Nc2ccccc2F)CC1c1ccc(F)c(F)c1. The molecular formula is C18H15F3N2O2. The molecule has 2 aromatic rings. The standard InChI is InChI=1S/C18H15F3N2O2/c1-23-16(10-6-7-12(19)14(21)8-10)9-11(18(23)25)17(24)22-15-5-3-2-4-13(15)20/h2-8,11,16H,9H2,1H3,(H,22,24). The number of likely N-dealkylation sites (tertiary alicyclic amines) is 1. The first-order valence-electron chi connectivity index (χ1n) is 7.65. The van der Waals surface area contributed by atoms with Crippen LogP contribution in [0.1, 0.15) is 18.0 Å². The minimum Gasteiger partial charge on any atom is -0.338 e. The molecule has 0 saturated carbocycles. The van der Waals surface area contributed by atoms with Crippen molar-refractivity contribution in [1.29, 1.82) is 0 Å². The summed E-state index contributed by atoms with van der Waals surface area (Å²) in [4.78, 5) is 26.0. The highest BCUT2D eigenvalue weighted by Gasteiger charge is 2.42. The first-order chi connectivity index (χ1) is 11.9. The Bertz CT molecular complexity index is 841. The second-order valence-corrected chi connectivity index (χ2v) is 5.90. The highest BCUT2D eigenvalue weighted by Crippen LogP contribution is 2.36. The lowest BCUT2D eigenvalue weighted by Gasteiger charge is -2.19. The molecule has 130 valence electrons. The van der Waals surface area contributed by atoms with Crippen LogP contribution in [0.5, 0.6) is 0 Å². The summed E-state index contributed by atoms with van der Waals surface area (Å²) in [5, 5.41) is 2.40. The summed E-state index contributed by atoms with van der Waals surface area (Å²) >= 11 is 0. The molecule has 1 saturated heterocycles. The van der Waals surface area contributed by atoms with E-state index in [1.165, 1.54) is 36.2 Å². The fraction of sp³-hybridized carbons (Fsp3) is 0.222. The zero-order valence-electron chi connectivity index (χ0n) is 13.3. The van der Waals surface area contributed by atoms with Gasteiger partial charge in [0.1, 0.15) is 11.7 Å². The Morgan fingerprint density at radius 1 is 1.08 bits per heavy atom. The summed E-state index contributed by atoms with van der Waals surface area (Å²) < 4.78 is 40.2. The number of anilines is 1. The average Bonchev–Trinajstić information content (AvgIpc) is 2.88. The van der Waals surface area contributed by atoms with Gasteiger partial charge in [-0.3, -0.25) is 9.59 Å². The molecule has 0 bridgehead atoms. The van der Waals surface area contributed by atoms with E-state index in [-0.39, 0.29) is 12.1 Å². The predicted molar refractivity (Wildman–Crippen MR) is 85.0 cm³/mol. The van der Waals surface area contributed by atoms with Crippen LogP contribution in [-0.2, 0) is 9.59 Å². The third-order valence-electron chi connectivity index (χ3n) is 4.35. The van der Waals surface area contributed by atoms with Crippen LogP contribution in [0.2, 0.25) is 0 Å². The number of halogens is 3. The van der Waals surface area contributed by atoms with Gasteiger partial charge in [-0.25, -0.2) is 13.2 Å². The van der Waals surface area contributed by atoms with Crippen LogP contribution >= 0.6 is 0 Å². The van der Waals surface area contributed by atoms with Gasteiger partial charge < -0.3 is 10.2 Å². The van der Waals surface area contributed by atoms with Crippen molar-refractivity contribution < 1.29 is 22.8 Å². The third kappa shape index (κ3) is 3.22. The van der Waals surface area contributed by atoms with Gasteiger partial charge in [-0.15, -0.1) is 0 Å². The smallest absolute Gasteiger partial charge is 0.237 e. The number of hydrogen-bond donors (Lipinski definition) is 1. The van der Waals surface area contributed by atoms with E-state index in [1.54, 1.807) is 6.07 Å². The summed E-state index contributed by atoms with van der Waals surface area (Å²) in [7, 11) is 1.49. The number of benzene rings is 2. The van der Waals surface area contributed by atoms with Gasteiger partial charge in [-0.2, -0.15) is 0 Å². The molecule has 25 heavy (non-hydrogen) atoms. The van der Waals surface area contributed by atoms with Crippen LogP contribution in [0.25, 0.3) is 0 Å². The predicted octanol–water partition coefficient (Wildman–Crippen LogP) is 3.26. The number of hydrogen-bond acceptors (Lipinski definition) is 2. The normalized spacial score (nSPS) is 20.0. The molecule has 2 atom stereocenters. The van der Waals surface area contributed by atoms with Crippen LogP contribution < -0.4 is 5.32 Å². The maximum absolute atomic E-state index is 13.6. The number of rotatable bonds is 3. The van der Waals surface area contributed by atoms with Gasteiger partial charge in [-0.05, 0) is 36.2 Å². The summed E-state index contributed by atoms with van der Waals surface area (Å²) in [6.07, 6.45) is 0.0979. The molecule has 3 rings (SSSR count). The second-order valence-electron chi connectivity index (χ2n) is 5.90. The van der Waals surface area contributed by atoms with Crippen molar-refractivity contribution in [2.75, 3.05) is 12.4 Å². The molecule has 1 fully saturated rings. The van der Waals surface area contributed by atoms with Crippen molar-refractivity contribution in [2.24, 2.45) is 5.92 Å². The topological polar surface area (TPSA) is 49.4 Å². The number of amides is 2. The van der Waals surface area contributed by atoms with Gasteiger partial charge in [0.2, 0.25) is 11.8 Å². The van der Waals surface area contributed by atoms with Gasteiger partial charge in [-0.1, -0.05) is 18.2 Å². The monoisotopic (exact) mass is 348 g/mol. The van der Waals surface area contributed by atoms with Crippen LogP contribution in [0.4, 0.5) is 18.9 Å². The molecule has 1 N–H and O–H groups in total. The number of carbonyl (C=O) groups excluding carboxylic acids is 2. The molecule has 1 aliphatic rings. The average molecular weight is 348 g/mol. The Hall–Kier alpha value is -2.83. The van der Waals surface area contributed by atoms with Crippen molar-refractivity contribution in [2.45, 2.75) is 12.5 Å². The minimum atomic E-state index is -1.03. The summed E-state index contributed by atoms with van der Waals surface area (Å²) in [6.45, 7) is 0. The van der Waals surface area contributed by atoms with E-state index in [0.29, 0.717) is 5.56 Å². The van der Waals surface area contributed by atoms with E-state index in [4.69, 9.17) is 0 Å². The molecule has 1 aliphatic heterocycles. The number of para-hydroxylation sites is 1.